The molecular weight excluding hydrogens is 340 g/mol. The van der Waals surface area contributed by atoms with Gasteiger partial charge >= 0.3 is 5.97 Å². The minimum atomic E-state index is -0.592. The van der Waals surface area contributed by atoms with Crippen LogP contribution in [-0.2, 0) is 11.2 Å². The van der Waals surface area contributed by atoms with Gasteiger partial charge in [-0.1, -0.05) is 29.8 Å². The fourth-order valence-corrected chi connectivity index (χ4v) is 3.48. The number of Topliss-reactive ketones (excluding diaryl/α,β-unsaturated/α-hetero) is 1. The summed E-state index contributed by atoms with van der Waals surface area (Å²) in [6.07, 6.45) is 0.811. The van der Waals surface area contributed by atoms with Gasteiger partial charge in [0.2, 0.25) is 0 Å². The minimum absolute atomic E-state index is 0.0133. The highest BCUT2D eigenvalue weighted by Crippen LogP contribution is 2.22. The van der Waals surface area contributed by atoms with Gasteiger partial charge in [-0.05, 0) is 18.9 Å². The van der Waals surface area contributed by atoms with Crippen molar-refractivity contribution in [3.63, 3.8) is 0 Å². The molecule has 0 aliphatic carbocycles. The Kier molecular flexibility index (Phi) is 4.76. The third-order valence-corrected chi connectivity index (χ3v) is 4.77. The molecule has 7 heteroatoms. The van der Waals surface area contributed by atoms with Crippen molar-refractivity contribution in [2.75, 3.05) is 7.11 Å². The summed E-state index contributed by atoms with van der Waals surface area (Å²) in [6, 6.07) is 7.92. The van der Waals surface area contributed by atoms with Crippen molar-refractivity contribution in [1.29, 1.82) is 0 Å². The fraction of sp³-hybridized carbons (Fsp3) is 0.222. The number of H-pyrrole nitrogens is 1. The Morgan fingerprint density at radius 2 is 2.12 bits per heavy atom. The molecule has 128 valence electrons. The predicted molar refractivity (Wildman–Crippen MR) is 95.4 cm³/mol. The van der Waals surface area contributed by atoms with E-state index >= 15 is 0 Å². The Labute approximate surface area is 147 Å². The molecule has 0 saturated heterocycles. The molecule has 0 bridgehead atoms. The average molecular weight is 356 g/mol. The largest absolute Gasteiger partial charge is 0.465 e. The molecule has 6 nitrogen and oxygen atoms in total. The molecule has 0 aliphatic rings. The van der Waals surface area contributed by atoms with E-state index in [1.54, 1.807) is 5.38 Å². The van der Waals surface area contributed by atoms with Crippen LogP contribution in [-0.4, -0.2) is 28.8 Å². The standard InChI is InChI=1S/C18H16N2O4S/c1-10-4-3-5-11(8-10)6-7-13(21)16-19-12-9-25-15(18(23)24-2)14(12)17(22)20-16/h3-5,8-9H,6-7H2,1-2H3,(H,19,20,22). The number of ketones is 1. The first-order valence-electron chi connectivity index (χ1n) is 7.68. The van der Waals surface area contributed by atoms with Gasteiger partial charge in [-0.15, -0.1) is 11.3 Å². The van der Waals surface area contributed by atoms with Crippen LogP contribution in [0.15, 0.2) is 34.4 Å². The number of aromatic nitrogens is 2. The van der Waals surface area contributed by atoms with Crippen LogP contribution in [0.3, 0.4) is 0 Å². The number of aryl methyl sites for hydroxylation is 2. The molecule has 0 aliphatic heterocycles. The highest BCUT2D eigenvalue weighted by Gasteiger charge is 2.19. The average Bonchev–Trinajstić information content (AvgIpc) is 3.03. The van der Waals surface area contributed by atoms with Crippen LogP contribution < -0.4 is 5.56 Å². The van der Waals surface area contributed by atoms with Gasteiger partial charge in [-0.2, -0.15) is 0 Å². The zero-order valence-corrected chi connectivity index (χ0v) is 14.6. The number of ether oxygens (including phenoxy) is 1. The van der Waals surface area contributed by atoms with Crippen LogP contribution in [0.1, 0.15) is 37.8 Å². The number of carbonyl (C=O) groups is 2. The second-order valence-electron chi connectivity index (χ2n) is 5.64. The number of carbonyl (C=O) groups excluding carboxylic acids is 2. The summed E-state index contributed by atoms with van der Waals surface area (Å²) in [5, 5.41) is 1.74. The number of methoxy groups -OCH3 is 1. The Morgan fingerprint density at radius 3 is 2.84 bits per heavy atom. The Hall–Kier alpha value is -2.80. The van der Waals surface area contributed by atoms with Crippen molar-refractivity contribution in [2.45, 2.75) is 19.8 Å². The maximum atomic E-state index is 12.4. The Bertz CT molecular complexity index is 1020. The van der Waals surface area contributed by atoms with Gasteiger partial charge < -0.3 is 9.72 Å². The highest BCUT2D eigenvalue weighted by atomic mass is 32.1. The first kappa shape index (κ1) is 17.0. The second kappa shape index (κ2) is 6.98. The summed E-state index contributed by atoms with van der Waals surface area (Å²) in [5.41, 5.74) is 2.01. The number of benzene rings is 1. The van der Waals surface area contributed by atoms with Crippen LogP contribution in [0.4, 0.5) is 0 Å². The molecule has 0 atom stereocenters. The molecule has 0 amide bonds. The lowest BCUT2D eigenvalue weighted by Gasteiger charge is -2.03. The quantitative estimate of drug-likeness (QED) is 0.561. The number of thiophene rings is 1. The molecule has 1 aromatic carbocycles. The molecule has 0 spiro atoms. The molecule has 3 rings (SSSR count). The van der Waals surface area contributed by atoms with Gasteiger partial charge in [0.15, 0.2) is 11.6 Å². The smallest absolute Gasteiger partial charge is 0.348 e. The number of aromatic amines is 1. The number of nitrogens with zero attached hydrogens (tertiary/aromatic N) is 1. The van der Waals surface area contributed by atoms with E-state index < -0.39 is 11.5 Å². The summed E-state index contributed by atoms with van der Waals surface area (Å²) in [6.45, 7) is 1.99. The molecule has 0 saturated carbocycles. The number of fused-ring (bicyclic) bond motifs is 1. The zero-order chi connectivity index (χ0) is 18.0. The van der Waals surface area contributed by atoms with Crippen molar-refractivity contribution >= 4 is 34.0 Å². The molecule has 3 aromatic rings. The topological polar surface area (TPSA) is 89.1 Å². The van der Waals surface area contributed by atoms with E-state index in [2.05, 4.69) is 14.7 Å². The van der Waals surface area contributed by atoms with Crippen molar-refractivity contribution in [2.24, 2.45) is 0 Å². The van der Waals surface area contributed by atoms with E-state index in [0.29, 0.717) is 11.9 Å². The number of hydrogen-bond donors (Lipinski definition) is 1. The minimum Gasteiger partial charge on any atom is -0.465 e. The summed E-state index contributed by atoms with van der Waals surface area (Å²) in [7, 11) is 1.25. The molecule has 2 heterocycles. The van der Waals surface area contributed by atoms with Gasteiger partial charge in [-0.25, -0.2) is 9.78 Å². The predicted octanol–water partition coefficient (Wildman–Crippen LogP) is 2.90. The van der Waals surface area contributed by atoms with Gasteiger partial charge in [0.05, 0.1) is 18.0 Å². The van der Waals surface area contributed by atoms with Crippen molar-refractivity contribution in [3.05, 3.63) is 61.8 Å². The van der Waals surface area contributed by atoms with Gasteiger partial charge in [0.1, 0.15) is 4.88 Å². The molecule has 0 unspecified atom stereocenters. The van der Waals surface area contributed by atoms with E-state index in [9.17, 15) is 14.4 Å². The van der Waals surface area contributed by atoms with Crippen LogP contribution in [0.5, 0.6) is 0 Å². The van der Waals surface area contributed by atoms with Crippen molar-refractivity contribution < 1.29 is 14.3 Å². The van der Waals surface area contributed by atoms with E-state index in [0.717, 1.165) is 22.5 Å². The molecule has 1 N–H and O–H groups in total. The lowest BCUT2D eigenvalue weighted by molar-refractivity contribution is 0.0608. The van der Waals surface area contributed by atoms with E-state index in [1.807, 2.05) is 31.2 Å². The summed E-state index contributed by atoms with van der Waals surface area (Å²) in [5.74, 6) is -0.823. The SMILES string of the molecule is COC(=O)c1scc2nc(C(=O)CCc3cccc(C)c3)[nH]c(=O)c12. The zero-order valence-electron chi connectivity index (χ0n) is 13.8. The van der Waals surface area contributed by atoms with Gasteiger partial charge in [0, 0.05) is 11.8 Å². The van der Waals surface area contributed by atoms with Gasteiger partial charge in [0.25, 0.3) is 5.56 Å². The van der Waals surface area contributed by atoms with Crippen LogP contribution in [0, 0.1) is 6.92 Å². The molecule has 0 fully saturated rings. The fourth-order valence-electron chi connectivity index (χ4n) is 2.59. The van der Waals surface area contributed by atoms with E-state index in [1.165, 1.54) is 7.11 Å². The maximum absolute atomic E-state index is 12.4. The van der Waals surface area contributed by atoms with Crippen molar-refractivity contribution in [1.82, 2.24) is 9.97 Å². The van der Waals surface area contributed by atoms with Crippen LogP contribution >= 0.6 is 11.3 Å². The van der Waals surface area contributed by atoms with E-state index in [-0.39, 0.29) is 28.3 Å². The highest BCUT2D eigenvalue weighted by molar-refractivity contribution is 7.13. The summed E-state index contributed by atoms with van der Waals surface area (Å²) in [4.78, 5) is 43.2. The molecule has 25 heavy (non-hydrogen) atoms. The maximum Gasteiger partial charge on any atom is 0.348 e. The third kappa shape index (κ3) is 3.51. The van der Waals surface area contributed by atoms with Crippen LogP contribution in [0.2, 0.25) is 0 Å². The summed E-state index contributed by atoms with van der Waals surface area (Å²) < 4.78 is 4.66. The Balaban J connectivity index is 1.85. The number of hydrogen-bond acceptors (Lipinski definition) is 6. The van der Waals surface area contributed by atoms with Gasteiger partial charge in [-0.3, -0.25) is 9.59 Å². The van der Waals surface area contributed by atoms with Crippen LogP contribution in [0.25, 0.3) is 10.9 Å². The normalized spacial score (nSPS) is 10.8. The van der Waals surface area contributed by atoms with Crippen molar-refractivity contribution in [3.8, 4) is 0 Å². The second-order valence-corrected chi connectivity index (χ2v) is 6.52. The first-order valence-corrected chi connectivity index (χ1v) is 8.56. The number of esters is 1. The molecule has 2 aromatic heterocycles. The monoisotopic (exact) mass is 356 g/mol. The first-order chi connectivity index (χ1) is 12.0. The lowest BCUT2D eigenvalue weighted by Crippen LogP contribution is -2.17. The van der Waals surface area contributed by atoms with E-state index in [4.69, 9.17) is 0 Å². The molecule has 0 radical (unpaired) electrons. The third-order valence-electron chi connectivity index (χ3n) is 3.82. The Morgan fingerprint density at radius 1 is 1.32 bits per heavy atom. The summed E-state index contributed by atoms with van der Waals surface area (Å²) >= 11 is 1.07. The lowest BCUT2D eigenvalue weighted by atomic mass is 10.1. The molecular formula is C18H16N2O4S. The number of nitrogens with one attached hydrogen (secondary N) is 1. The number of rotatable bonds is 5.